The highest BCUT2D eigenvalue weighted by Crippen LogP contribution is 2.40. The molecule has 1 N–H and O–H groups in total. The minimum atomic E-state index is -0.117. The zero-order valence-electron chi connectivity index (χ0n) is 17.5. The molecule has 4 rings (SSSR count). The third-order valence-electron chi connectivity index (χ3n) is 5.35. The van der Waals surface area contributed by atoms with Crippen LogP contribution in [0.2, 0.25) is 0 Å². The summed E-state index contributed by atoms with van der Waals surface area (Å²) in [5, 5.41) is 4.15. The highest BCUT2D eigenvalue weighted by atomic mass is 32.1. The van der Waals surface area contributed by atoms with Crippen molar-refractivity contribution in [2.75, 3.05) is 18.4 Å². The summed E-state index contributed by atoms with van der Waals surface area (Å²) in [5.74, 6) is 0.868. The lowest BCUT2D eigenvalue weighted by atomic mass is 9.95. The molecule has 1 aliphatic rings. The number of rotatable bonds is 5. The Balaban J connectivity index is 1.65. The SMILES string of the molecule is CC(=O)N1CC[C@H](c2c(C(=O)Nc3cccc(OC(C)C)c3)sc3ccccc23)C1. The van der Waals surface area contributed by atoms with Gasteiger partial charge in [0.05, 0.1) is 11.0 Å². The lowest BCUT2D eigenvalue weighted by Crippen LogP contribution is -2.25. The van der Waals surface area contributed by atoms with Gasteiger partial charge in [0, 0.05) is 42.4 Å². The van der Waals surface area contributed by atoms with E-state index in [1.165, 1.54) is 11.3 Å². The molecule has 5 nitrogen and oxygen atoms in total. The predicted octanol–water partition coefficient (Wildman–Crippen LogP) is 5.28. The van der Waals surface area contributed by atoms with Gasteiger partial charge in [-0.15, -0.1) is 11.3 Å². The minimum Gasteiger partial charge on any atom is -0.491 e. The van der Waals surface area contributed by atoms with Crippen LogP contribution in [0.1, 0.15) is 48.3 Å². The van der Waals surface area contributed by atoms with Crippen LogP contribution in [-0.2, 0) is 4.79 Å². The first-order valence-electron chi connectivity index (χ1n) is 10.3. The summed E-state index contributed by atoms with van der Waals surface area (Å²) in [6.45, 7) is 6.95. The van der Waals surface area contributed by atoms with E-state index in [1.807, 2.05) is 55.1 Å². The number of amides is 2. The first-order valence-corrected chi connectivity index (χ1v) is 11.1. The monoisotopic (exact) mass is 422 g/mol. The number of nitrogens with one attached hydrogen (secondary N) is 1. The van der Waals surface area contributed by atoms with Crippen LogP contribution in [-0.4, -0.2) is 35.9 Å². The summed E-state index contributed by atoms with van der Waals surface area (Å²) in [6, 6.07) is 15.6. The topological polar surface area (TPSA) is 58.6 Å². The minimum absolute atomic E-state index is 0.0664. The molecule has 2 amide bonds. The Bertz CT molecular complexity index is 1090. The van der Waals surface area contributed by atoms with E-state index in [-0.39, 0.29) is 23.8 Å². The number of benzene rings is 2. The van der Waals surface area contributed by atoms with Gasteiger partial charge in [-0.1, -0.05) is 24.3 Å². The number of anilines is 1. The third-order valence-corrected chi connectivity index (χ3v) is 6.53. The fourth-order valence-electron chi connectivity index (χ4n) is 4.03. The van der Waals surface area contributed by atoms with Crippen LogP contribution in [0.25, 0.3) is 10.1 Å². The zero-order valence-corrected chi connectivity index (χ0v) is 18.3. The van der Waals surface area contributed by atoms with Crippen molar-refractivity contribution in [3.8, 4) is 5.75 Å². The van der Waals surface area contributed by atoms with Gasteiger partial charge in [0.2, 0.25) is 5.91 Å². The van der Waals surface area contributed by atoms with Crippen molar-refractivity contribution in [2.45, 2.75) is 39.2 Å². The molecular weight excluding hydrogens is 396 g/mol. The number of hydrogen-bond acceptors (Lipinski definition) is 4. The van der Waals surface area contributed by atoms with E-state index in [0.29, 0.717) is 12.2 Å². The molecule has 1 fully saturated rings. The molecule has 0 aliphatic carbocycles. The second kappa shape index (κ2) is 8.48. The number of fused-ring (bicyclic) bond motifs is 1. The van der Waals surface area contributed by atoms with E-state index >= 15 is 0 Å². The number of thiophene rings is 1. The molecule has 0 bridgehead atoms. The molecule has 2 heterocycles. The molecule has 30 heavy (non-hydrogen) atoms. The summed E-state index contributed by atoms with van der Waals surface area (Å²) in [6.07, 6.45) is 0.940. The summed E-state index contributed by atoms with van der Waals surface area (Å²) in [7, 11) is 0. The molecule has 2 aromatic carbocycles. The maximum absolute atomic E-state index is 13.3. The van der Waals surface area contributed by atoms with Gasteiger partial charge in [-0.3, -0.25) is 9.59 Å². The molecule has 0 saturated carbocycles. The standard InChI is InChI=1S/C24H26N2O3S/c1-15(2)29-19-8-6-7-18(13-19)25-24(28)23-22(17-11-12-26(14-17)16(3)27)20-9-4-5-10-21(20)30-23/h4-10,13,15,17H,11-12,14H2,1-3H3,(H,25,28)/t17-/m0/s1. The number of hydrogen-bond donors (Lipinski definition) is 1. The van der Waals surface area contributed by atoms with Crippen molar-refractivity contribution >= 4 is 38.9 Å². The quantitative estimate of drug-likeness (QED) is 0.609. The number of nitrogens with zero attached hydrogens (tertiary/aromatic N) is 1. The lowest BCUT2D eigenvalue weighted by Gasteiger charge is -2.15. The lowest BCUT2D eigenvalue weighted by molar-refractivity contribution is -0.127. The van der Waals surface area contributed by atoms with Crippen LogP contribution >= 0.6 is 11.3 Å². The number of carbonyl (C=O) groups excluding carboxylic acids is 2. The second-order valence-electron chi connectivity index (χ2n) is 7.94. The van der Waals surface area contributed by atoms with Crippen LogP contribution in [0.15, 0.2) is 48.5 Å². The largest absolute Gasteiger partial charge is 0.491 e. The average Bonchev–Trinajstić information content (AvgIpc) is 3.32. The Morgan fingerprint density at radius 1 is 1.17 bits per heavy atom. The molecule has 3 aromatic rings. The van der Waals surface area contributed by atoms with Crippen LogP contribution in [0.3, 0.4) is 0 Å². The average molecular weight is 423 g/mol. The maximum atomic E-state index is 13.3. The molecule has 1 aliphatic heterocycles. The summed E-state index contributed by atoms with van der Waals surface area (Å²) >= 11 is 1.52. The van der Waals surface area contributed by atoms with Crippen LogP contribution in [0.4, 0.5) is 5.69 Å². The van der Waals surface area contributed by atoms with E-state index in [0.717, 1.165) is 39.2 Å². The van der Waals surface area contributed by atoms with E-state index in [4.69, 9.17) is 4.74 Å². The van der Waals surface area contributed by atoms with Crippen molar-refractivity contribution in [3.05, 3.63) is 59.0 Å². The van der Waals surface area contributed by atoms with Gasteiger partial charge in [-0.2, -0.15) is 0 Å². The molecule has 0 radical (unpaired) electrons. The smallest absolute Gasteiger partial charge is 0.266 e. The Hall–Kier alpha value is -2.86. The number of carbonyl (C=O) groups is 2. The van der Waals surface area contributed by atoms with Crippen molar-refractivity contribution in [1.82, 2.24) is 4.90 Å². The number of likely N-dealkylation sites (tertiary alicyclic amines) is 1. The van der Waals surface area contributed by atoms with Gasteiger partial charge in [0.25, 0.3) is 5.91 Å². The molecule has 156 valence electrons. The highest BCUT2D eigenvalue weighted by Gasteiger charge is 2.31. The molecular formula is C24H26N2O3S. The van der Waals surface area contributed by atoms with Gasteiger partial charge in [0.15, 0.2) is 0 Å². The van der Waals surface area contributed by atoms with Gasteiger partial charge in [-0.05, 0) is 49.4 Å². The van der Waals surface area contributed by atoms with Crippen LogP contribution in [0.5, 0.6) is 5.75 Å². The summed E-state index contributed by atoms with van der Waals surface area (Å²) < 4.78 is 6.84. The zero-order chi connectivity index (χ0) is 21.3. The fraction of sp³-hybridized carbons (Fsp3) is 0.333. The van der Waals surface area contributed by atoms with Crippen LogP contribution < -0.4 is 10.1 Å². The molecule has 1 aromatic heterocycles. The fourth-order valence-corrected chi connectivity index (χ4v) is 5.21. The predicted molar refractivity (Wildman–Crippen MR) is 122 cm³/mol. The Labute approximate surface area is 180 Å². The van der Waals surface area contributed by atoms with Gasteiger partial charge >= 0.3 is 0 Å². The van der Waals surface area contributed by atoms with Crippen LogP contribution in [0, 0.1) is 0 Å². The molecule has 0 spiro atoms. The molecule has 6 heteroatoms. The van der Waals surface area contributed by atoms with E-state index in [1.54, 1.807) is 6.92 Å². The highest BCUT2D eigenvalue weighted by molar-refractivity contribution is 7.21. The van der Waals surface area contributed by atoms with E-state index in [2.05, 4.69) is 17.4 Å². The Kier molecular flexibility index (Phi) is 5.77. The summed E-state index contributed by atoms with van der Waals surface area (Å²) in [5.41, 5.74) is 1.77. The van der Waals surface area contributed by atoms with Crippen molar-refractivity contribution < 1.29 is 14.3 Å². The van der Waals surface area contributed by atoms with Crippen molar-refractivity contribution in [1.29, 1.82) is 0 Å². The normalized spacial score (nSPS) is 16.3. The summed E-state index contributed by atoms with van der Waals surface area (Å²) in [4.78, 5) is 27.7. The maximum Gasteiger partial charge on any atom is 0.266 e. The first-order chi connectivity index (χ1) is 14.4. The first kappa shape index (κ1) is 20.4. The van der Waals surface area contributed by atoms with Gasteiger partial charge in [0.1, 0.15) is 5.75 Å². The van der Waals surface area contributed by atoms with E-state index in [9.17, 15) is 9.59 Å². The molecule has 0 unspecified atom stereocenters. The Morgan fingerprint density at radius 2 is 1.97 bits per heavy atom. The second-order valence-corrected chi connectivity index (χ2v) is 8.99. The Morgan fingerprint density at radius 3 is 2.70 bits per heavy atom. The van der Waals surface area contributed by atoms with Gasteiger partial charge < -0.3 is 15.0 Å². The van der Waals surface area contributed by atoms with Crippen molar-refractivity contribution in [2.24, 2.45) is 0 Å². The van der Waals surface area contributed by atoms with Crippen molar-refractivity contribution in [3.63, 3.8) is 0 Å². The molecule has 1 atom stereocenters. The number of ether oxygens (including phenoxy) is 1. The van der Waals surface area contributed by atoms with Gasteiger partial charge in [-0.25, -0.2) is 0 Å². The molecule has 1 saturated heterocycles. The third kappa shape index (κ3) is 4.19. The van der Waals surface area contributed by atoms with E-state index < -0.39 is 0 Å².